The van der Waals surface area contributed by atoms with Gasteiger partial charge < -0.3 is 15.7 Å². The van der Waals surface area contributed by atoms with Crippen molar-refractivity contribution < 1.29 is 14.3 Å². The third-order valence-electron chi connectivity index (χ3n) is 2.29. The highest BCUT2D eigenvalue weighted by Gasteiger charge is 2.13. The summed E-state index contributed by atoms with van der Waals surface area (Å²) in [4.78, 5) is 11.6. The average Bonchev–Trinajstić information content (AvgIpc) is 2.34. The molecule has 0 saturated heterocycles. The van der Waals surface area contributed by atoms with Crippen molar-refractivity contribution >= 4 is 6.03 Å². The Morgan fingerprint density at radius 1 is 1.40 bits per heavy atom. The predicted molar refractivity (Wildman–Crippen MR) is 75.5 cm³/mol. The van der Waals surface area contributed by atoms with Crippen molar-refractivity contribution in [2.24, 2.45) is 0 Å². The van der Waals surface area contributed by atoms with Crippen LogP contribution in [0.2, 0.25) is 0 Å². The molecule has 1 rings (SSSR count). The topological polar surface area (TPSA) is 61.4 Å². The lowest BCUT2D eigenvalue weighted by Crippen LogP contribution is -2.46. The van der Waals surface area contributed by atoms with E-state index in [2.05, 4.69) is 22.5 Å². The van der Waals surface area contributed by atoms with E-state index in [4.69, 9.17) is 5.11 Å². The van der Waals surface area contributed by atoms with E-state index in [1.165, 1.54) is 12.1 Å². The summed E-state index contributed by atoms with van der Waals surface area (Å²) in [6.45, 7) is 5.40. The number of carbonyl (C=O) groups is 1. The van der Waals surface area contributed by atoms with Gasteiger partial charge in [0, 0.05) is 23.2 Å². The SMILES string of the molecule is CC(C)(C)NC(=O)NCc1cc(C#CCO)ccc1F. The van der Waals surface area contributed by atoms with Crippen LogP contribution < -0.4 is 10.6 Å². The first-order chi connectivity index (χ1) is 9.31. The van der Waals surface area contributed by atoms with Gasteiger partial charge in [-0.1, -0.05) is 11.8 Å². The molecular formula is C15H19FN2O2. The van der Waals surface area contributed by atoms with Crippen molar-refractivity contribution in [3.63, 3.8) is 0 Å². The van der Waals surface area contributed by atoms with E-state index in [-0.39, 0.29) is 24.7 Å². The minimum atomic E-state index is -0.407. The van der Waals surface area contributed by atoms with Crippen LogP contribution in [0.1, 0.15) is 31.9 Å². The number of benzene rings is 1. The van der Waals surface area contributed by atoms with E-state index < -0.39 is 5.82 Å². The van der Waals surface area contributed by atoms with E-state index in [0.29, 0.717) is 11.1 Å². The van der Waals surface area contributed by atoms with Crippen LogP contribution in [0.4, 0.5) is 9.18 Å². The second-order valence-electron chi connectivity index (χ2n) is 5.32. The van der Waals surface area contributed by atoms with Crippen LogP contribution in [0.15, 0.2) is 18.2 Å². The van der Waals surface area contributed by atoms with Crippen LogP contribution in [0.25, 0.3) is 0 Å². The van der Waals surface area contributed by atoms with E-state index in [0.717, 1.165) is 0 Å². The number of carbonyl (C=O) groups excluding carboxylic acids is 1. The number of halogens is 1. The summed E-state index contributed by atoms with van der Waals surface area (Å²) >= 11 is 0. The lowest BCUT2D eigenvalue weighted by Gasteiger charge is -2.20. The Bertz CT molecular complexity index is 539. The van der Waals surface area contributed by atoms with Crippen LogP contribution in [-0.2, 0) is 6.54 Å². The molecular weight excluding hydrogens is 259 g/mol. The Morgan fingerprint density at radius 3 is 2.70 bits per heavy atom. The standard InChI is InChI=1S/C15H19FN2O2/c1-15(2,3)18-14(20)17-10-12-9-11(5-4-8-19)6-7-13(12)16/h6-7,9,19H,8,10H2,1-3H3,(H2,17,18,20). The first kappa shape index (κ1) is 16.0. The summed E-state index contributed by atoms with van der Waals surface area (Å²) in [7, 11) is 0. The maximum atomic E-state index is 13.6. The lowest BCUT2D eigenvalue weighted by atomic mass is 10.1. The fourth-order valence-corrected chi connectivity index (χ4v) is 1.49. The third-order valence-corrected chi connectivity index (χ3v) is 2.29. The molecule has 0 bridgehead atoms. The van der Waals surface area contributed by atoms with E-state index in [1.807, 2.05) is 20.8 Å². The van der Waals surface area contributed by atoms with Crippen molar-refractivity contribution in [1.29, 1.82) is 0 Å². The first-order valence-electron chi connectivity index (χ1n) is 6.26. The molecule has 108 valence electrons. The monoisotopic (exact) mass is 278 g/mol. The Balaban J connectivity index is 2.70. The minimum Gasteiger partial charge on any atom is -0.384 e. The van der Waals surface area contributed by atoms with E-state index >= 15 is 0 Å². The molecule has 0 aliphatic heterocycles. The number of amides is 2. The molecule has 5 heteroatoms. The molecule has 0 aliphatic rings. The Kier molecular flexibility index (Phi) is 5.53. The average molecular weight is 278 g/mol. The lowest BCUT2D eigenvalue weighted by molar-refractivity contribution is 0.231. The number of hydrogen-bond donors (Lipinski definition) is 3. The van der Waals surface area contributed by atoms with Crippen molar-refractivity contribution in [3.05, 3.63) is 35.1 Å². The summed E-state index contributed by atoms with van der Waals surface area (Å²) in [5.41, 5.74) is 0.587. The highest BCUT2D eigenvalue weighted by atomic mass is 19.1. The molecule has 20 heavy (non-hydrogen) atoms. The van der Waals surface area contributed by atoms with Crippen LogP contribution in [0, 0.1) is 17.7 Å². The second-order valence-corrected chi connectivity index (χ2v) is 5.32. The summed E-state index contributed by atoms with van der Waals surface area (Å²) in [6.07, 6.45) is 0. The van der Waals surface area contributed by atoms with Crippen molar-refractivity contribution in [2.75, 3.05) is 6.61 Å². The van der Waals surface area contributed by atoms with Gasteiger partial charge in [0.25, 0.3) is 0 Å². The third kappa shape index (κ3) is 5.72. The minimum absolute atomic E-state index is 0.0718. The quantitative estimate of drug-likeness (QED) is 0.722. The molecule has 0 radical (unpaired) electrons. The zero-order chi connectivity index (χ0) is 15.2. The highest BCUT2D eigenvalue weighted by Crippen LogP contribution is 2.10. The second kappa shape index (κ2) is 6.92. The van der Waals surface area contributed by atoms with Gasteiger partial charge in [-0.2, -0.15) is 0 Å². The number of urea groups is 1. The summed E-state index contributed by atoms with van der Waals surface area (Å²) in [6, 6.07) is 4.01. The maximum absolute atomic E-state index is 13.6. The van der Waals surface area contributed by atoms with Crippen molar-refractivity contribution in [2.45, 2.75) is 32.9 Å². The molecule has 3 N–H and O–H groups in total. The molecule has 0 aromatic heterocycles. The molecule has 4 nitrogen and oxygen atoms in total. The first-order valence-corrected chi connectivity index (χ1v) is 6.26. The molecule has 0 fully saturated rings. The number of aliphatic hydroxyl groups is 1. The van der Waals surface area contributed by atoms with Gasteiger partial charge in [-0.3, -0.25) is 0 Å². The Morgan fingerprint density at radius 2 is 2.10 bits per heavy atom. The predicted octanol–water partition coefficient (Wildman–Crippen LogP) is 1.77. The van der Waals surface area contributed by atoms with Gasteiger partial charge in [0.15, 0.2) is 0 Å². The van der Waals surface area contributed by atoms with Crippen LogP contribution in [-0.4, -0.2) is 23.3 Å². The van der Waals surface area contributed by atoms with Crippen LogP contribution in [0.5, 0.6) is 0 Å². The number of nitrogens with one attached hydrogen (secondary N) is 2. The fourth-order valence-electron chi connectivity index (χ4n) is 1.49. The number of hydrogen-bond acceptors (Lipinski definition) is 2. The molecule has 1 aromatic carbocycles. The van der Waals surface area contributed by atoms with Crippen LogP contribution in [0.3, 0.4) is 0 Å². The molecule has 2 amide bonds. The number of aliphatic hydroxyl groups excluding tert-OH is 1. The molecule has 0 atom stereocenters. The fraction of sp³-hybridized carbons (Fsp3) is 0.400. The summed E-state index contributed by atoms with van der Waals surface area (Å²) in [5.74, 6) is 4.78. The number of rotatable bonds is 2. The summed E-state index contributed by atoms with van der Waals surface area (Å²) < 4.78 is 13.6. The van der Waals surface area contributed by atoms with Gasteiger partial charge in [-0.25, -0.2) is 9.18 Å². The Labute approximate surface area is 118 Å². The largest absolute Gasteiger partial charge is 0.384 e. The van der Waals surface area contributed by atoms with Gasteiger partial charge in [-0.05, 0) is 39.0 Å². The van der Waals surface area contributed by atoms with E-state index in [1.54, 1.807) is 6.07 Å². The zero-order valence-corrected chi connectivity index (χ0v) is 11.9. The Hall–Kier alpha value is -2.06. The van der Waals surface area contributed by atoms with Gasteiger partial charge in [-0.15, -0.1) is 0 Å². The normalized spacial score (nSPS) is 10.4. The molecule has 0 unspecified atom stereocenters. The smallest absolute Gasteiger partial charge is 0.315 e. The zero-order valence-electron chi connectivity index (χ0n) is 11.9. The van der Waals surface area contributed by atoms with E-state index in [9.17, 15) is 9.18 Å². The van der Waals surface area contributed by atoms with Gasteiger partial charge in [0.2, 0.25) is 0 Å². The molecule has 0 aliphatic carbocycles. The molecule has 0 spiro atoms. The molecule has 0 heterocycles. The maximum Gasteiger partial charge on any atom is 0.315 e. The van der Waals surface area contributed by atoms with Crippen molar-refractivity contribution in [3.8, 4) is 11.8 Å². The van der Waals surface area contributed by atoms with Gasteiger partial charge in [0.05, 0.1) is 0 Å². The molecule has 0 saturated carbocycles. The van der Waals surface area contributed by atoms with Crippen molar-refractivity contribution in [1.82, 2.24) is 10.6 Å². The molecule has 1 aromatic rings. The van der Waals surface area contributed by atoms with Gasteiger partial charge in [0.1, 0.15) is 12.4 Å². The summed E-state index contributed by atoms with van der Waals surface area (Å²) in [5, 5.41) is 13.9. The van der Waals surface area contributed by atoms with Crippen LogP contribution >= 0.6 is 0 Å². The highest BCUT2D eigenvalue weighted by molar-refractivity contribution is 5.74. The van der Waals surface area contributed by atoms with Gasteiger partial charge >= 0.3 is 6.03 Å².